The molecule has 0 aliphatic carbocycles. The van der Waals surface area contributed by atoms with Gasteiger partial charge in [0.2, 0.25) is 5.12 Å². The third-order valence-corrected chi connectivity index (χ3v) is 6.95. The molecule has 30 heavy (non-hydrogen) atoms. The lowest BCUT2D eigenvalue weighted by Crippen LogP contribution is -2.18. The number of hydrogen-bond donors (Lipinski definition) is 1. The molecule has 0 unspecified atom stereocenters. The minimum Gasteiger partial charge on any atom is -0.510 e. The summed E-state index contributed by atoms with van der Waals surface area (Å²) >= 11 is 1.01. The molecule has 1 heterocycles. The van der Waals surface area contributed by atoms with Crippen molar-refractivity contribution in [3.63, 3.8) is 0 Å². The van der Waals surface area contributed by atoms with Crippen molar-refractivity contribution in [2.24, 2.45) is 0 Å². The van der Waals surface area contributed by atoms with E-state index in [0.29, 0.717) is 6.42 Å². The first kappa shape index (κ1) is 26.7. The SMILES string of the molecule is C=C/C(C)=C/[C@@]1(C)SC(=O)C(C(=O)CCCCCCCCCCCCCCC)=C1O. The molecule has 0 fully saturated rings. The Morgan fingerprint density at radius 2 is 1.43 bits per heavy atom. The van der Waals surface area contributed by atoms with Crippen LogP contribution in [0.2, 0.25) is 0 Å². The normalized spacial score (nSPS) is 19.6. The third kappa shape index (κ3) is 9.24. The summed E-state index contributed by atoms with van der Waals surface area (Å²) in [5, 5.41) is 10.2. The zero-order valence-corrected chi connectivity index (χ0v) is 20.2. The molecule has 0 radical (unpaired) electrons. The van der Waals surface area contributed by atoms with Gasteiger partial charge < -0.3 is 5.11 Å². The highest BCUT2D eigenvalue weighted by atomic mass is 32.2. The quantitative estimate of drug-likeness (QED) is 0.143. The summed E-state index contributed by atoms with van der Waals surface area (Å²) in [5.41, 5.74) is 0.865. The van der Waals surface area contributed by atoms with Crippen LogP contribution < -0.4 is 0 Å². The number of aliphatic hydroxyl groups excluding tert-OH is 1. The first-order valence-electron chi connectivity index (χ1n) is 11.9. The number of rotatable bonds is 17. The summed E-state index contributed by atoms with van der Waals surface area (Å²) in [6, 6.07) is 0. The minimum atomic E-state index is -0.865. The standard InChI is InChI=1S/C26H42O3S/c1-5-7-8-9-10-11-12-13-14-15-16-17-18-19-22(27)23-24(28)26(4,30-25(23)29)20-21(3)6-2/h6,20,28H,2,5,7-19H2,1,3-4H3/b21-20+/t26-/m1/s1. The van der Waals surface area contributed by atoms with Gasteiger partial charge >= 0.3 is 0 Å². The fourth-order valence-electron chi connectivity index (χ4n) is 3.90. The van der Waals surface area contributed by atoms with E-state index in [9.17, 15) is 14.7 Å². The van der Waals surface area contributed by atoms with Gasteiger partial charge in [-0.05, 0) is 20.3 Å². The van der Waals surface area contributed by atoms with Crippen LogP contribution in [0.4, 0.5) is 0 Å². The maximum absolute atomic E-state index is 12.5. The summed E-state index contributed by atoms with van der Waals surface area (Å²) in [5.74, 6) is -0.320. The molecule has 1 N–H and O–H groups in total. The van der Waals surface area contributed by atoms with E-state index in [-0.39, 0.29) is 22.2 Å². The van der Waals surface area contributed by atoms with Crippen LogP contribution in [0.5, 0.6) is 0 Å². The summed E-state index contributed by atoms with van der Waals surface area (Å²) in [6.07, 6.45) is 20.1. The van der Waals surface area contributed by atoms with Gasteiger partial charge in [0.05, 0.1) is 4.75 Å². The van der Waals surface area contributed by atoms with Gasteiger partial charge in [0, 0.05) is 6.42 Å². The Hall–Kier alpha value is -1.29. The summed E-state index contributed by atoms with van der Waals surface area (Å²) < 4.78 is -0.865. The van der Waals surface area contributed by atoms with E-state index < -0.39 is 4.75 Å². The molecule has 0 aromatic heterocycles. The zero-order chi connectivity index (χ0) is 22.4. The van der Waals surface area contributed by atoms with Crippen LogP contribution in [0.1, 0.15) is 111 Å². The highest BCUT2D eigenvalue weighted by Crippen LogP contribution is 2.44. The summed E-state index contributed by atoms with van der Waals surface area (Å²) in [7, 11) is 0. The number of carbonyl (C=O) groups excluding carboxylic acids is 2. The number of allylic oxidation sites excluding steroid dienone is 2. The van der Waals surface area contributed by atoms with Crippen LogP contribution >= 0.6 is 11.8 Å². The molecule has 0 aromatic rings. The van der Waals surface area contributed by atoms with Gasteiger partial charge in [-0.3, -0.25) is 9.59 Å². The lowest BCUT2D eigenvalue weighted by atomic mass is 9.97. The van der Waals surface area contributed by atoms with Gasteiger partial charge in [-0.25, -0.2) is 0 Å². The highest BCUT2D eigenvalue weighted by Gasteiger charge is 2.44. The molecule has 170 valence electrons. The van der Waals surface area contributed by atoms with Crippen molar-refractivity contribution >= 4 is 22.7 Å². The van der Waals surface area contributed by atoms with Crippen molar-refractivity contribution in [2.45, 2.75) is 115 Å². The molecule has 0 spiro atoms. The van der Waals surface area contributed by atoms with Crippen molar-refractivity contribution in [1.29, 1.82) is 0 Å². The van der Waals surface area contributed by atoms with Gasteiger partial charge in [-0.1, -0.05) is 120 Å². The number of unbranched alkanes of at least 4 members (excludes halogenated alkanes) is 12. The highest BCUT2D eigenvalue weighted by molar-refractivity contribution is 8.16. The molecule has 3 nitrogen and oxygen atoms in total. The predicted octanol–water partition coefficient (Wildman–Crippen LogP) is 8.01. The van der Waals surface area contributed by atoms with E-state index in [4.69, 9.17) is 0 Å². The van der Waals surface area contributed by atoms with E-state index in [1.807, 2.05) is 6.92 Å². The number of thioether (sulfide) groups is 1. The largest absolute Gasteiger partial charge is 0.510 e. The molecule has 1 aliphatic heterocycles. The van der Waals surface area contributed by atoms with E-state index in [1.165, 1.54) is 64.2 Å². The average Bonchev–Trinajstić information content (AvgIpc) is 2.93. The van der Waals surface area contributed by atoms with Crippen LogP contribution in [-0.4, -0.2) is 20.8 Å². The lowest BCUT2D eigenvalue weighted by molar-refractivity contribution is -0.118. The molecule has 4 heteroatoms. The second-order valence-electron chi connectivity index (χ2n) is 8.73. The molecular weight excluding hydrogens is 392 g/mol. The van der Waals surface area contributed by atoms with Gasteiger partial charge in [0.25, 0.3) is 0 Å². The lowest BCUT2D eigenvalue weighted by Gasteiger charge is -2.18. The predicted molar refractivity (Wildman–Crippen MR) is 130 cm³/mol. The second-order valence-corrected chi connectivity index (χ2v) is 10.2. The number of ketones is 1. The third-order valence-electron chi connectivity index (χ3n) is 5.83. The van der Waals surface area contributed by atoms with Crippen molar-refractivity contribution in [3.05, 3.63) is 35.6 Å². The Bertz CT molecular complexity index is 632. The second kappa shape index (κ2) is 14.7. The Morgan fingerprint density at radius 1 is 0.967 bits per heavy atom. The van der Waals surface area contributed by atoms with Crippen molar-refractivity contribution < 1.29 is 14.7 Å². The van der Waals surface area contributed by atoms with Crippen molar-refractivity contribution in [2.75, 3.05) is 0 Å². The van der Waals surface area contributed by atoms with Gasteiger partial charge in [-0.2, -0.15) is 0 Å². The number of carbonyl (C=O) groups is 2. The topological polar surface area (TPSA) is 54.4 Å². The van der Waals surface area contributed by atoms with Crippen molar-refractivity contribution in [3.8, 4) is 0 Å². The van der Waals surface area contributed by atoms with Crippen LogP contribution in [-0.2, 0) is 9.59 Å². The minimum absolute atomic E-state index is 0.00505. The number of aliphatic hydroxyl groups is 1. The molecule has 0 bridgehead atoms. The Labute approximate surface area is 188 Å². The summed E-state index contributed by atoms with van der Waals surface area (Å²) in [6.45, 7) is 9.59. The Balaban J connectivity index is 2.22. The molecular formula is C26H42O3S. The maximum atomic E-state index is 12.5. The fourth-order valence-corrected chi connectivity index (χ4v) is 5.04. The van der Waals surface area contributed by atoms with E-state index >= 15 is 0 Å². The number of hydrogen-bond acceptors (Lipinski definition) is 4. The number of Topliss-reactive ketones (excluding diaryl/α,β-unsaturated/α-hetero) is 1. The Kier molecular flexibility index (Phi) is 13.1. The maximum Gasteiger partial charge on any atom is 0.227 e. The van der Waals surface area contributed by atoms with Gasteiger partial charge in [0.1, 0.15) is 11.3 Å². The molecule has 1 atom stereocenters. The summed E-state index contributed by atoms with van der Waals surface area (Å²) in [4.78, 5) is 24.8. The van der Waals surface area contributed by atoms with E-state index in [2.05, 4.69) is 13.5 Å². The zero-order valence-electron chi connectivity index (χ0n) is 19.4. The van der Waals surface area contributed by atoms with Crippen LogP contribution in [0, 0.1) is 0 Å². The van der Waals surface area contributed by atoms with Crippen molar-refractivity contribution in [1.82, 2.24) is 0 Å². The average molecular weight is 435 g/mol. The smallest absolute Gasteiger partial charge is 0.227 e. The van der Waals surface area contributed by atoms with E-state index in [1.54, 1.807) is 19.1 Å². The van der Waals surface area contributed by atoms with Crippen LogP contribution in [0.15, 0.2) is 35.6 Å². The Morgan fingerprint density at radius 3 is 1.90 bits per heavy atom. The monoisotopic (exact) mass is 434 g/mol. The van der Waals surface area contributed by atoms with E-state index in [0.717, 1.165) is 36.6 Å². The van der Waals surface area contributed by atoms with Gasteiger partial charge in [-0.15, -0.1) is 0 Å². The molecule has 0 saturated heterocycles. The molecule has 0 aromatic carbocycles. The molecule has 1 rings (SSSR count). The molecule has 0 saturated carbocycles. The first-order chi connectivity index (χ1) is 14.4. The van der Waals surface area contributed by atoms with Crippen LogP contribution in [0.25, 0.3) is 0 Å². The van der Waals surface area contributed by atoms with Crippen LogP contribution in [0.3, 0.4) is 0 Å². The first-order valence-corrected chi connectivity index (χ1v) is 12.7. The molecule has 1 aliphatic rings. The molecule has 0 amide bonds. The van der Waals surface area contributed by atoms with Gasteiger partial charge in [0.15, 0.2) is 5.78 Å². The fraction of sp³-hybridized carbons (Fsp3) is 0.692.